The monoisotopic (exact) mass is 584 g/mol. The van der Waals surface area contributed by atoms with Crippen LogP contribution in [0.15, 0.2) is 61.1 Å². The zero-order valence-electron chi connectivity index (χ0n) is 21.4. The second-order valence-corrected chi connectivity index (χ2v) is 10.4. The van der Waals surface area contributed by atoms with Crippen molar-refractivity contribution in [3.63, 3.8) is 0 Å². The van der Waals surface area contributed by atoms with E-state index in [1.54, 1.807) is 12.1 Å². The second-order valence-electron chi connectivity index (χ2n) is 9.96. The summed E-state index contributed by atoms with van der Waals surface area (Å²) in [6.45, 7) is 0. The van der Waals surface area contributed by atoms with Crippen LogP contribution in [0.5, 0.6) is 0 Å². The van der Waals surface area contributed by atoms with Crippen molar-refractivity contribution in [2.75, 3.05) is 9.80 Å². The van der Waals surface area contributed by atoms with Gasteiger partial charge in [0.1, 0.15) is 23.9 Å². The highest BCUT2D eigenvalue weighted by molar-refractivity contribution is 6.31. The van der Waals surface area contributed by atoms with Crippen molar-refractivity contribution in [1.29, 1.82) is 5.26 Å². The zero-order chi connectivity index (χ0) is 29.3. The third-order valence-corrected chi connectivity index (χ3v) is 7.50. The number of benzene rings is 1. The average molecular weight is 585 g/mol. The highest BCUT2D eigenvalue weighted by Gasteiger charge is 2.48. The molecule has 2 fully saturated rings. The maximum absolute atomic E-state index is 14.5. The number of nitrogens with zero attached hydrogens (tertiary/aromatic N) is 5. The molecule has 1 aliphatic carbocycles. The third-order valence-electron chi connectivity index (χ3n) is 7.16. The quantitative estimate of drug-likeness (QED) is 0.382. The zero-order valence-corrected chi connectivity index (χ0v) is 22.2. The number of halogens is 4. The van der Waals surface area contributed by atoms with Crippen molar-refractivity contribution in [2.24, 2.45) is 0 Å². The van der Waals surface area contributed by atoms with E-state index in [0.717, 1.165) is 12.3 Å². The average Bonchev–Trinajstić information content (AvgIpc) is 3.32. The molecule has 0 radical (unpaired) electrons. The Morgan fingerprint density at radius 1 is 1.24 bits per heavy atom. The molecule has 1 saturated carbocycles. The summed E-state index contributed by atoms with van der Waals surface area (Å²) < 4.78 is 41.6. The van der Waals surface area contributed by atoms with Gasteiger partial charge in [-0.3, -0.25) is 19.5 Å². The minimum absolute atomic E-state index is 0.0189. The van der Waals surface area contributed by atoms with E-state index in [-0.39, 0.29) is 46.4 Å². The molecule has 13 heteroatoms. The van der Waals surface area contributed by atoms with Crippen LogP contribution in [0.3, 0.4) is 0 Å². The number of anilines is 2. The Labute approximate surface area is 238 Å². The van der Waals surface area contributed by atoms with Crippen molar-refractivity contribution in [1.82, 2.24) is 15.3 Å². The fourth-order valence-corrected chi connectivity index (χ4v) is 5.48. The number of aliphatic hydroxyl groups is 1. The van der Waals surface area contributed by atoms with E-state index in [0.29, 0.717) is 0 Å². The largest absolute Gasteiger partial charge is 0.371 e. The lowest BCUT2D eigenvalue weighted by molar-refractivity contribution is -0.131. The van der Waals surface area contributed by atoms with E-state index in [1.807, 2.05) is 6.07 Å². The Morgan fingerprint density at radius 2 is 2.00 bits per heavy atom. The van der Waals surface area contributed by atoms with Gasteiger partial charge in [-0.25, -0.2) is 18.2 Å². The minimum Gasteiger partial charge on any atom is -0.371 e. The van der Waals surface area contributed by atoms with Crippen LogP contribution in [-0.4, -0.2) is 51.1 Å². The molecule has 1 aromatic carbocycles. The SMILES string of the molecule is N#Cc1ccnc(N2C(=O)CCC2[C@H](O)N(c2cncc(F)c2)[C@H](C(=O)NC2CC(F)(F)C2)c2ccccc2Cl)c1. The molecule has 2 aliphatic rings. The number of aromatic nitrogens is 2. The van der Waals surface area contributed by atoms with Crippen molar-refractivity contribution in [3.05, 3.63) is 83.0 Å². The number of amides is 2. The lowest BCUT2D eigenvalue weighted by Crippen LogP contribution is -2.57. The van der Waals surface area contributed by atoms with Gasteiger partial charge in [0.15, 0.2) is 0 Å². The number of aliphatic hydroxyl groups excluding tert-OH is 1. The Balaban J connectivity index is 1.60. The van der Waals surface area contributed by atoms with Crippen LogP contribution in [0.2, 0.25) is 5.02 Å². The summed E-state index contributed by atoms with van der Waals surface area (Å²) in [5.41, 5.74) is 0.427. The summed E-state index contributed by atoms with van der Waals surface area (Å²) in [5, 5.41) is 24.0. The smallest absolute Gasteiger partial charge is 0.252 e. The fourth-order valence-electron chi connectivity index (χ4n) is 5.25. The van der Waals surface area contributed by atoms with Crippen LogP contribution in [-0.2, 0) is 9.59 Å². The highest BCUT2D eigenvalue weighted by Crippen LogP contribution is 2.40. The number of carbonyl (C=O) groups is 2. The van der Waals surface area contributed by atoms with Crippen molar-refractivity contribution in [3.8, 4) is 6.07 Å². The van der Waals surface area contributed by atoms with E-state index in [4.69, 9.17) is 11.6 Å². The Bertz CT molecular complexity index is 1510. The molecule has 41 heavy (non-hydrogen) atoms. The number of hydrogen-bond acceptors (Lipinski definition) is 7. The first-order valence-corrected chi connectivity index (χ1v) is 13.1. The normalized spacial score (nSPS) is 19.7. The van der Waals surface area contributed by atoms with Crippen LogP contribution in [0.25, 0.3) is 0 Å². The van der Waals surface area contributed by atoms with Crippen molar-refractivity contribution >= 4 is 34.9 Å². The molecule has 2 amide bonds. The van der Waals surface area contributed by atoms with Gasteiger partial charge in [-0.15, -0.1) is 0 Å². The molecule has 5 rings (SSSR count). The molecule has 2 aromatic heterocycles. The number of rotatable bonds is 8. The highest BCUT2D eigenvalue weighted by atomic mass is 35.5. The van der Waals surface area contributed by atoms with Gasteiger partial charge in [-0.2, -0.15) is 5.26 Å². The first-order chi connectivity index (χ1) is 19.6. The molecule has 9 nitrogen and oxygen atoms in total. The van der Waals surface area contributed by atoms with E-state index < -0.39 is 54.8 Å². The summed E-state index contributed by atoms with van der Waals surface area (Å²) >= 11 is 6.50. The molecule has 3 heterocycles. The van der Waals surface area contributed by atoms with Crippen LogP contribution < -0.4 is 15.1 Å². The standard InChI is InChI=1S/C28H24ClF3N6O3/c29-21-4-2-1-3-20(21)25(26(40)36-18-11-28(31,32)12-18)37(19-10-17(30)14-34-15-19)27(41)22-5-6-24(39)38(22)23-9-16(13-33)7-8-35-23/h1-4,7-10,14-15,18,22,25,27,41H,5-6,11-12H2,(H,36,40)/t22?,25-,27-/m0/s1. The summed E-state index contributed by atoms with van der Waals surface area (Å²) in [5.74, 6) is -4.70. The van der Waals surface area contributed by atoms with E-state index in [2.05, 4.69) is 15.3 Å². The van der Waals surface area contributed by atoms with Gasteiger partial charge in [-0.1, -0.05) is 29.8 Å². The number of pyridine rings is 2. The van der Waals surface area contributed by atoms with Gasteiger partial charge in [0, 0.05) is 48.2 Å². The molecule has 3 atom stereocenters. The summed E-state index contributed by atoms with van der Waals surface area (Å²) in [6.07, 6.45) is 0.916. The van der Waals surface area contributed by atoms with Gasteiger partial charge in [0.2, 0.25) is 11.8 Å². The maximum atomic E-state index is 14.5. The van der Waals surface area contributed by atoms with Gasteiger partial charge in [0.05, 0.1) is 35.8 Å². The summed E-state index contributed by atoms with van der Waals surface area (Å²) in [6, 6.07) is 8.91. The first-order valence-electron chi connectivity index (χ1n) is 12.8. The van der Waals surface area contributed by atoms with Gasteiger partial charge < -0.3 is 15.3 Å². The molecule has 1 saturated heterocycles. The second kappa shape index (κ2) is 11.3. The Kier molecular flexibility index (Phi) is 7.84. The molecule has 1 aliphatic heterocycles. The third kappa shape index (κ3) is 5.82. The minimum atomic E-state index is -2.90. The number of nitriles is 1. The first kappa shape index (κ1) is 28.3. The van der Waals surface area contributed by atoms with Crippen LogP contribution in [0, 0.1) is 17.1 Å². The molecule has 1 unspecified atom stereocenters. The van der Waals surface area contributed by atoms with E-state index >= 15 is 0 Å². The molecule has 3 aromatic rings. The lowest BCUT2D eigenvalue weighted by atomic mass is 9.87. The summed E-state index contributed by atoms with van der Waals surface area (Å²) in [4.78, 5) is 37.3. The molecule has 2 N–H and O–H groups in total. The lowest BCUT2D eigenvalue weighted by Gasteiger charge is -2.42. The van der Waals surface area contributed by atoms with Crippen molar-refractivity contribution < 1.29 is 27.9 Å². The molecule has 0 spiro atoms. The van der Waals surface area contributed by atoms with Gasteiger partial charge in [0.25, 0.3) is 5.92 Å². The van der Waals surface area contributed by atoms with Crippen LogP contribution in [0.1, 0.15) is 42.9 Å². The van der Waals surface area contributed by atoms with Crippen LogP contribution in [0.4, 0.5) is 24.7 Å². The number of nitrogens with one attached hydrogen (secondary N) is 1. The van der Waals surface area contributed by atoms with E-state index in [1.165, 1.54) is 46.5 Å². The summed E-state index contributed by atoms with van der Waals surface area (Å²) in [7, 11) is 0. The van der Waals surface area contributed by atoms with Gasteiger partial charge in [-0.05, 0) is 24.6 Å². The molecule has 0 bridgehead atoms. The predicted molar refractivity (Wildman–Crippen MR) is 142 cm³/mol. The molecule has 212 valence electrons. The fraction of sp³-hybridized carbons (Fsp3) is 0.321. The maximum Gasteiger partial charge on any atom is 0.252 e. The molecular formula is C28H24ClF3N6O3. The van der Waals surface area contributed by atoms with E-state index in [9.17, 15) is 33.1 Å². The topological polar surface area (TPSA) is 122 Å². The van der Waals surface area contributed by atoms with Gasteiger partial charge >= 0.3 is 0 Å². The van der Waals surface area contributed by atoms with Crippen molar-refractivity contribution in [2.45, 2.75) is 56.0 Å². The number of carbonyl (C=O) groups excluding carboxylic acids is 2. The Morgan fingerprint density at radius 3 is 2.68 bits per heavy atom. The van der Waals surface area contributed by atoms with Crippen LogP contribution >= 0.6 is 11.6 Å². The Hall–Kier alpha value is -4.21. The molecular weight excluding hydrogens is 561 g/mol. The number of hydrogen-bond donors (Lipinski definition) is 2. The number of alkyl halides is 2. The predicted octanol–water partition coefficient (Wildman–Crippen LogP) is 4.12.